The van der Waals surface area contributed by atoms with Crippen LogP contribution < -0.4 is 0 Å². The molecule has 0 aliphatic heterocycles. The molecule has 0 aromatic carbocycles. The van der Waals surface area contributed by atoms with Crippen molar-refractivity contribution >= 4 is 11.9 Å². The summed E-state index contributed by atoms with van der Waals surface area (Å²) in [6, 6.07) is 3.44. The summed E-state index contributed by atoms with van der Waals surface area (Å²) in [7, 11) is 2.97. The second-order valence-electron chi connectivity index (χ2n) is 3.14. The minimum Gasteiger partial charge on any atom is -0.469 e. The van der Waals surface area contributed by atoms with Gasteiger partial charge in [-0.15, -0.1) is 0 Å². The Morgan fingerprint density at radius 3 is 2.80 bits per heavy atom. The highest BCUT2D eigenvalue weighted by Gasteiger charge is 2.13. The van der Waals surface area contributed by atoms with Crippen LogP contribution in [-0.4, -0.2) is 42.5 Å². The number of carbonyl (C=O) groups excluding carboxylic acids is 2. The number of rotatable bonds is 4. The molecule has 0 saturated carbocycles. The standard InChI is InChI=1S/C10H14N2O3/c1-12(7-5-9(13)15-2)10(14)8-4-3-6-11-8/h3-4,6,11H,5,7H2,1-2H3. The van der Waals surface area contributed by atoms with Crippen LogP contribution in [-0.2, 0) is 9.53 Å². The van der Waals surface area contributed by atoms with Gasteiger partial charge in [-0.2, -0.15) is 0 Å². The van der Waals surface area contributed by atoms with Gasteiger partial charge in [0.05, 0.1) is 13.5 Å². The number of ether oxygens (including phenoxy) is 1. The lowest BCUT2D eigenvalue weighted by molar-refractivity contribution is -0.140. The van der Waals surface area contributed by atoms with E-state index in [-0.39, 0.29) is 18.3 Å². The van der Waals surface area contributed by atoms with Gasteiger partial charge in [-0.3, -0.25) is 9.59 Å². The molecule has 5 heteroatoms. The van der Waals surface area contributed by atoms with Crippen LogP contribution in [0.1, 0.15) is 16.9 Å². The molecule has 0 aliphatic rings. The lowest BCUT2D eigenvalue weighted by Crippen LogP contribution is -2.29. The van der Waals surface area contributed by atoms with E-state index >= 15 is 0 Å². The summed E-state index contributed by atoms with van der Waals surface area (Å²) in [6.07, 6.45) is 1.89. The van der Waals surface area contributed by atoms with Gasteiger partial charge in [0.25, 0.3) is 5.91 Å². The SMILES string of the molecule is COC(=O)CCN(C)C(=O)c1ccc[nH]1. The number of carbonyl (C=O) groups is 2. The average Bonchev–Trinajstić information content (AvgIpc) is 2.77. The fourth-order valence-electron chi connectivity index (χ4n) is 1.13. The van der Waals surface area contributed by atoms with Crippen molar-refractivity contribution in [2.75, 3.05) is 20.7 Å². The number of hydrogen-bond donors (Lipinski definition) is 1. The van der Waals surface area contributed by atoms with E-state index in [1.165, 1.54) is 12.0 Å². The number of nitrogens with zero attached hydrogens (tertiary/aromatic N) is 1. The van der Waals surface area contributed by atoms with Crippen LogP contribution in [0.5, 0.6) is 0 Å². The summed E-state index contributed by atoms with van der Waals surface area (Å²) in [5.74, 6) is -0.454. The maximum absolute atomic E-state index is 11.6. The Morgan fingerprint density at radius 1 is 1.53 bits per heavy atom. The number of aromatic amines is 1. The van der Waals surface area contributed by atoms with Gasteiger partial charge in [-0.05, 0) is 12.1 Å². The number of amides is 1. The number of H-pyrrole nitrogens is 1. The van der Waals surface area contributed by atoms with Gasteiger partial charge >= 0.3 is 5.97 Å². The lowest BCUT2D eigenvalue weighted by Gasteiger charge is -2.15. The molecule has 5 nitrogen and oxygen atoms in total. The van der Waals surface area contributed by atoms with Crippen LogP contribution in [0.25, 0.3) is 0 Å². The molecule has 0 bridgehead atoms. The molecule has 0 atom stereocenters. The zero-order valence-electron chi connectivity index (χ0n) is 8.82. The summed E-state index contributed by atoms with van der Waals surface area (Å²) >= 11 is 0. The maximum atomic E-state index is 11.6. The van der Waals surface area contributed by atoms with E-state index in [4.69, 9.17) is 0 Å². The highest BCUT2D eigenvalue weighted by atomic mass is 16.5. The van der Waals surface area contributed by atoms with Gasteiger partial charge < -0.3 is 14.6 Å². The molecule has 0 fully saturated rings. The van der Waals surface area contributed by atoms with E-state index in [2.05, 4.69) is 9.72 Å². The van der Waals surface area contributed by atoms with E-state index in [1.807, 2.05) is 0 Å². The molecule has 0 unspecified atom stereocenters. The van der Waals surface area contributed by atoms with E-state index in [9.17, 15) is 9.59 Å². The topological polar surface area (TPSA) is 62.4 Å². The van der Waals surface area contributed by atoms with Crippen LogP contribution >= 0.6 is 0 Å². The smallest absolute Gasteiger partial charge is 0.307 e. The van der Waals surface area contributed by atoms with Crippen molar-refractivity contribution in [3.63, 3.8) is 0 Å². The Labute approximate surface area is 88.0 Å². The molecule has 1 amide bonds. The van der Waals surface area contributed by atoms with Crippen LogP contribution in [0.3, 0.4) is 0 Å². The molecule has 0 spiro atoms. The molecular weight excluding hydrogens is 196 g/mol. The van der Waals surface area contributed by atoms with Gasteiger partial charge in [0.1, 0.15) is 5.69 Å². The Kier molecular flexibility index (Phi) is 3.91. The minimum atomic E-state index is -0.318. The Morgan fingerprint density at radius 2 is 2.27 bits per heavy atom. The molecule has 82 valence electrons. The first kappa shape index (κ1) is 11.3. The molecule has 15 heavy (non-hydrogen) atoms. The van der Waals surface area contributed by atoms with E-state index in [1.54, 1.807) is 25.4 Å². The van der Waals surface area contributed by atoms with Crippen molar-refractivity contribution in [3.05, 3.63) is 24.0 Å². The highest BCUT2D eigenvalue weighted by molar-refractivity contribution is 5.92. The van der Waals surface area contributed by atoms with Crippen molar-refractivity contribution in [2.45, 2.75) is 6.42 Å². The van der Waals surface area contributed by atoms with E-state index in [0.29, 0.717) is 12.2 Å². The van der Waals surface area contributed by atoms with E-state index < -0.39 is 0 Å². The molecular formula is C10H14N2O3. The second kappa shape index (κ2) is 5.19. The minimum absolute atomic E-state index is 0.135. The number of nitrogens with one attached hydrogen (secondary N) is 1. The van der Waals surface area contributed by atoms with Crippen LogP contribution in [0.15, 0.2) is 18.3 Å². The molecule has 0 aliphatic carbocycles. The third-order valence-electron chi connectivity index (χ3n) is 2.05. The number of aromatic nitrogens is 1. The Bertz CT molecular complexity index is 332. The summed E-state index contributed by atoms with van der Waals surface area (Å²) in [6.45, 7) is 0.352. The molecule has 1 aromatic rings. The normalized spacial score (nSPS) is 9.73. The monoisotopic (exact) mass is 210 g/mol. The van der Waals surface area contributed by atoms with Gasteiger partial charge in [0.15, 0.2) is 0 Å². The summed E-state index contributed by atoms with van der Waals surface area (Å²) < 4.78 is 4.49. The Balaban J connectivity index is 2.44. The van der Waals surface area contributed by atoms with Crippen molar-refractivity contribution < 1.29 is 14.3 Å². The number of methoxy groups -OCH3 is 1. The zero-order valence-corrected chi connectivity index (χ0v) is 8.82. The van der Waals surface area contributed by atoms with Crippen molar-refractivity contribution in [3.8, 4) is 0 Å². The number of hydrogen-bond acceptors (Lipinski definition) is 3. The molecule has 1 heterocycles. The zero-order chi connectivity index (χ0) is 11.3. The van der Waals surface area contributed by atoms with Gasteiger partial charge in [-0.25, -0.2) is 0 Å². The summed E-state index contributed by atoms with van der Waals surface area (Å²) in [5.41, 5.74) is 0.516. The lowest BCUT2D eigenvalue weighted by atomic mass is 10.3. The summed E-state index contributed by atoms with van der Waals surface area (Å²) in [5, 5.41) is 0. The van der Waals surface area contributed by atoms with Crippen LogP contribution in [0, 0.1) is 0 Å². The van der Waals surface area contributed by atoms with Crippen molar-refractivity contribution in [1.29, 1.82) is 0 Å². The number of esters is 1. The van der Waals surface area contributed by atoms with Gasteiger partial charge in [-0.1, -0.05) is 0 Å². The molecule has 0 radical (unpaired) electrons. The molecule has 1 rings (SSSR count). The third kappa shape index (κ3) is 3.12. The highest BCUT2D eigenvalue weighted by Crippen LogP contribution is 2.00. The Hall–Kier alpha value is -1.78. The molecule has 0 saturated heterocycles. The predicted octanol–water partition coefficient (Wildman–Crippen LogP) is 0.650. The quantitative estimate of drug-likeness (QED) is 0.742. The van der Waals surface area contributed by atoms with Crippen LogP contribution in [0.2, 0.25) is 0 Å². The average molecular weight is 210 g/mol. The maximum Gasteiger partial charge on any atom is 0.307 e. The second-order valence-corrected chi connectivity index (χ2v) is 3.14. The van der Waals surface area contributed by atoms with Gasteiger partial charge in [0, 0.05) is 19.8 Å². The first-order chi connectivity index (χ1) is 7.15. The van der Waals surface area contributed by atoms with Gasteiger partial charge in [0.2, 0.25) is 0 Å². The largest absolute Gasteiger partial charge is 0.469 e. The van der Waals surface area contributed by atoms with Crippen molar-refractivity contribution in [2.24, 2.45) is 0 Å². The van der Waals surface area contributed by atoms with E-state index in [0.717, 1.165) is 0 Å². The first-order valence-electron chi connectivity index (χ1n) is 4.61. The third-order valence-corrected chi connectivity index (χ3v) is 2.05. The van der Waals surface area contributed by atoms with Crippen LogP contribution in [0.4, 0.5) is 0 Å². The predicted molar refractivity (Wildman–Crippen MR) is 54.4 cm³/mol. The molecule has 1 N–H and O–H groups in total. The summed E-state index contributed by atoms with van der Waals surface area (Å²) in [4.78, 5) is 26.8. The molecule has 1 aromatic heterocycles. The fourth-order valence-corrected chi connectivity index (χ4v) is 1.13. The van der Waals surface area contributed by atoms with Crippen molar-refractivity contribution in [1.82, 2.24) is 9.88 Å². The first-order valence-corrected chi connectivity index (χ1v) is 4.61. The fraction of sp³-hybridized carbons (Fsp3) is 0.400.